The summed E-state index contributed by atoms with van der Waals surface area (Å²) in [7, 11) is -1.17. The summed E-state index contributed by atoms with van der Waals surface area (Å²) >= 11 is 0. The molecular formula is C33H41N3O6S. The van der Waals surface area contributed by atoms with E-state index in [0.717, 1.165) is 41.1 Å². The Morgan fingerprint density at radius 2 is 1.58 bits per heavy atom. The van der Waals surface area contributed by atoms with Crippen molar-refractivity contribution in [3.05, 3.63) is 83.9 Å². The van der Waals surface area contributed by atoms with Crippen molar-refractivity contribution < 1.29 is 27.5 Å². The number of para-hydroxylation sites is 2. The third-order valence-electron chi connectivity index (χ3n) is 7.84. The van der Waals surface area contributed by atoms with Crippen LogP contribution in [0.25, 0.3) is 0 Å². The van der Waals surface area contributed by atoms with Gasteiger partial charge in [-0.1, -0.05) is 61.7 Å². The van der Waals surface area contributed by atoms with E-state index in [1.807, 2.05) is 26.0 Å². The topological polar surface area (TPSA) is 105 Å². The number of hydrogen-bond acceptors (Lipinski definition) is 6. The van der Waals surface area contributed by atoms with E-state index >= 15 is 0 Å². The molecule has 2 amide bonds. The molecular weight excluding hydrogens is 566 g/mol. The van der Waals surface area contributed by atoms with Crippen molar-refractivity contribution in [2.75, 3.05) is 25.1 Å². The molecule has 1 atom stereocenters. The summed E-state index contributed by atoms with van der Waals surface area (Å²) in [5.41, 5.74) is 1.92. The highest BCUT2D eigenvalue weighted by atomic mass is 32.2. The fourth-order valence-electron chi connectivity index (χ4n) is 5.40. The number of carbonyl (C=O) groups is 2. The second kappa shape index (κ2) is 14.4. The lowest BCUT2D eigenvalue weighted by Crippen LogP contribution is -2.53. The van der Waals surface area contributed by atoms with E-state index in [0.29, 0.717) is 17.9 Å². The van der Waals surface area contributed by atoms with Crippen molar-refractivity contribution in [3.63, 3.8) is 0 Å². The standard InChI is InChI=1S/C33H41N3O6S/c1-5-29(33(38)34-26-10-6-7-11-26)35(22-25-16-18-27(41-3)19-17-25)32(37)23-36(30-12-8-9-13-31(30)42-4)43(39,40)28-20-14-24(2)15-21-28/h8-9,12-21,26,29H,5-7,10-11,22-23H2,1-4H3,(H,34,38)/t29-/m0/s1. The number of amides is 2. The van der Waals surface area contributed by atoms with Crippen LogP contribution in [0.1, 0.15) is 50.2 Å². The molecule has 1 saturated carbocycles. The molecule has 3 aromatic carbocycles. The van der Waals surface area contributed by atoms with E-state index in [4.69, 9.17) is 9.47 Å². The molecule has 0 radical (unpaired) electrons. The molecule has 10 heteroatoms. The summed E-state index contributed by atoms with van der Waals surface area (Å²) in [6, 6.07) is 19.7. The SMILES string of the molecule is CC[C@@H](C(=O)NC1CCCC1)N(Cc1ccc(OC)cc1)C(=O)CN(c1ccccc1OC)S(=O)(=O)c1ccc(C)cc1. The Balaban J connectivity index is 1.74. The molecule has 1 aliphatic carbocycles. The Morgan fingerprint density at radius 3 is 2.19 bits per heavy atom. The van der Waals surface area contributed by atoms with Crippen LogP contribution in [-0.2, 0) is 26.2 Å². The summed E-state index contributed by atoms with van der Waals surface area (Å²) in [6.45, 7) is 3.31. The maximum absolute atomic E-state index is 14.3. The number of ether oxygens (including phenoxy) is 2. The number of rotatable bonds is 13. The highest BCUT2D eigenvalue weighted by molar-refractivity contribution is 7.92. The number of hydrogen-bond donors (Lipinski definition) is 1. The number of anilines is 1. The third kappa shape index (κ3) is 7.67. The van der Waals surface area contributed by atoms with Crippen LogP contribution >= 0.6 is 0 Å². The molecule has 9 nitrogen and oxygen atoms in total. The molecule has 1 aliphatic rings. The molecule has 1 fully saturated rings. The van der Waals surface area contributed by atoms with Crippen LogP contribution in [0.5, 0.6) is 11.5 Å². The van der Waals surface area contributed by atoms with Crippen LogP contribution in [0.15, 0.2) is 77.7 Å². The van der Waals surface area contributed by atoms with Crippen LogP contribution in [-0.4, -0.2) is 58.0 Å². The minimum atomic E-state index is -4.20. The first-order chi connectivity index (χ1) is 20.7. The lowest BCUT2D eigenvalue weighted by molar-refractivity contribution is -0.140. The fraction of sp³-hybridized carbons (Fsp3) is 0.394. The Kier molecular flexibility index (Phi) is 10.7. The zero-order valence-electron chi connectivity index (χ0n) is 25.3. The maximum atomic E-state index is 14.3. The van der Waals surface area contributed by atoms with E-state index in [-0.39, 0.29) is 29.1 Å². The molecule has 0 spiro atoms. The Morgan fingerprint density at radius 1 is 0.930 bits per heavy atom. The van der Waals surface area contributed by atoms with Crippen molar-refractivity contribution in [2.45, 2.75) is 69.5 Å². The summed E-state index contributed by atoms with van der Waals surface area (Å²) in [4.78, 5) is 29.4. The molecule has 0 aliphatic heterocycles. The van der Waals surface area contributed by atoms with Gasteiger partial charge in [-0.25, -0.2) is 8.42 Å². The first-order valence-electron chi connectivity index (χ1n) is 14.6. The molecule has 43 heavy (non-hydrogen) atoms. The second-order valence-electron chi connectivity index (χ2n) is 10.8. The normalized spacial score (nSPS) is 14.1. The zero-order valence-corrected chi connectivity index (χ0v) is 26.1. The number of nitrogens with zero attached hydrogens (tertiary/aromatic N) is 2. The lowest BCUT2D eigenvalue weighted by atomic mass is 10.1. The summed E-state index contributed by atoms with van der Waals surface area (Å²) in [5, 5.41) is 3.13. The van der Waals surface area contributed by atoms with Crippen LogP contribution in [0.3, 0.4) is 0 Å². The molecule has 4 rings (SSSR count). The van der Waals surface area contributed by atoms with Gasteiger partial charge in [-0.2, -0.15) is 0 Å². The second-order valence-corrected chi connectivity index (χ2v) is 12.6. The molecule has 0 bridgehead atoms. The number of carbonyl (C=O) groups excluding carboxylic acids is 2. The Hall–Kier alpha value is -4.05. The van der Waals surface area contributed by atoms with E-state index in [2.05, 4.69) is 5.32 Å². The summed E-state index contributed by atoms with van der Waals surface area (Å²) < 4.78 is 40.1. The van der Waals surface area contributed by atoms with E-state index in [1.165, 1.54) is 24.1 Å². The van der Waals surface area contributed by atoms with Gasteiger partial charge in [0.2, 0.25) is 11.8 Å². The van der Waals surface area contributed by atoms with Gasteiger partial charge in [0.15, 0.2) is 0 Å². The molecule has 230 valence electrons. The van der Waals surface area contributed by atoms with E-state index in [1.54, 1.807) is 55.6 Å². The number of sulfonamides is 1. The Labute approximate surface area is 254 Å². The van der Waals surface area contributed by atoms with Crippen molar-refractivity contribution in [3.8, 4) is 11.5 Å². The van der Waals surface area contributed by atoms with Gasteiger partial charge in [-0.15, -0.1) is 0 Å². The number of methoxy groups -OCH3 is 2. The van der Waals surface area contributed by atoms with Crippen molar-refractivity contribution in [2.24, 2.45) is 0 Å². The first kappa shape index (κ1) is 31.9. The van der Waals surface area contributed by atoms with Gasteiger partial charge >= 0.3 is 0 Å². The van der Waals surface area contributed by atoms with Crippen molar-refractivity contribution >= 4 is 27.5 Å². The molecule has 3 aromatic rings. The molecule has 0 aromatic heterocycles. The van der Waals surface area contributed by atoms with Gasteiger partial charge < -0.3 is 19.7 Å². The number of nitrogens with one attached hydrogen (secondary N) is 1. The van der Waals surface area contributed by atoms with Crippen LogP contribution in [0.2, 0.25) is 0 Å². The van der Waals surface area contributed by atoms with E-state index in [9.17, 15) is 18.0 Å². The maximum Gasteiger partial charge on any atom is 0.264 e. The minimum Gasteiger partial charge on any atom is -0.497 e. The summed E-state index contributed by atoms with van der Waals surface area (Å²) in [6.07, 6.45) is 4.29. The van der Waals surface area contributed by atoms with Gasteiger partial charge in [0.25, 0.3) is 10.0 Å². The fourth-order valence-corrected chi connectivity index (χ4v) is 6.83. The van der Waals surface area contributed by atoms with E-state index < -0.39 is 28.5 Å². The average molecular weight is 608 g/mol. The van der Waals surface area contributed by atoms with Crippen molar-refractivity contribution in [1.29, 1.82) is 0 Å². The minimum absolute atomic E-state index is 0.0459. The predicted octanol–water partition coefficient (Wildman–Crippen LogP) is 5.07. The quantitative estimate of drug-likeness (QED) is 0.291. The predicted molar refractivity (Wildman–Crippen MR) is 167 cm³/mol. The highest BCUT2D eigenvalue weighted by Crippen LogP contribution is 2.33. The highest BCUT2D eigenvalue weighted by Gasteiger charge is 2.35. The van der Waals surface area contributed by atoms with Gasteiger partial charge in [0.1, 0.15) is 24.1 Å². The lowest BCUT2D eigenvalue weighted by Gasteiger charge is -2.34. The largest absolute Gasteiger partial charge is 0.497 e. The van der Waals surface area contributed by atoms with Crippen LogP contribution < -0.4 is 19.1 Å². The smallest absolute Gasteiger partial charge is 0.264 e. The van der Waals surface area contributed by atoms with Gasteiger partial charge in [0.05, 0.1) is 24.8 Å². The average Bonchev–Trinajstić information content (AvgIpc) is 3.53. The van der Waals surface area contributed by atoms with Crippen LogP contribution in [0.4, 0.5) is 5.69 Å². The first-order valence-corrected chi connectivity index (χ1v) is 16.1. The number of benzene rings is 3. The van der Waals surface area contributed by atoms with Crippen LogP contribution in [0, 0.1) is 6.92 Å². The monoisotopic (exact) mass is 607 g/mol. The number of aryl methyl sites for hydroxylation is 1. The molecule has 1 N–H and O–H groups in total. The van der Waals surface area contributed by atoms with Gasteiger partial charge in [-0.3, -0.25) is 13.9 Å². The zero-order chi connectivity index (χ0) is 31.0. The third-order valence-corrected chi connectivity index (χ3v) is 9.62. The van der Waals surface area contributed by atoms with Crippen molar-refractivity contribution in [1.82, 2.24) is 10.2 Å². The summed E-state index contributed by atoms with van der Waals surface area (Å²) in [5.74, 6) is 0.227. The Bertz CT molecular complexity index is 1490. The van der Waals surface area contributed by atoms with Gasteiger partial charge in [-0.05, 0) is 68.1 Å². The van der Waals surface area contributed by atoms with Gasteiger partial charge in [0, 0.05) is 12.6 Å². The molecule has 0 unspecified atom stereocenters. The molecule has 0 heterocycles. The molecule has 0 saturated heterocycles.